The molecule has 0 bridgehead atoms. The van der Waals surface area contributed by atoms with E-state index < -0.39 is 0 Å². The average molecular weight is 329 g/mol. The van der Waals surface area contributed by atoms with Crippen molar-refractivity contribution in [1.29, 1.82) is 0 Å². The zero-order valence-corrected chi connectivity index (χ0v) is 13.7. The molecule has 126 valence electrons. The minimum absolute atomic E-state index is 0.103. The Morgan fingerprint density at radius 1 is 1.25 bits per heavy atom. The van der Waals surface area contributed by atoms with Crippen LogP contribution in [0, 0.1) is 0 Å². The number of carbonyl (C=O) groups is 3. The minimum atomic E-state index is -0.366. The largest absolute Gasteiger partial charge is 0.442 e. The van der Waals surface area contributed by atoms with Gasteiger partial charge in [0.2, 0.25) is 11.8 Å². The van der Waals surface area contributed by atoms with Gasteiger partial charge in [-0.05, 0) is 36.1 Å². The fraction of sp³-hybridized carbons (Fsp3) is 0.471. The number of rotatable bonds is 2. The fourth-order valence-corrected chi connectivity index (χ4v) is 3.95. The molecule has 0 aliphatic carbocycles. The van der Waals surface area contributed by atoms with Crippen LogP contribution >= 0.6 is 0 Å². The topological polar surface area (TPSA) is 79.0 Å². The Bertz CT molecular complexity index is 760. The zero-order valence-electron chi connectivity index (χ0n) is 13.7. The molecule has 1 aromatic rings. The molecule has 4 rings (SSSR count). The van der Waals surface area contributed by atoms with Crippen molar-refractivity contribution < 1.29 is 19.1 Å². The predicted octanol–water partition coefficient (Wildman–Crippen LogP) is 0.982. The van der Waals surface area contributed by atoms with Crippen LogP contribution < -0.4 is 15.1 Å². The Hall–Kier alpha value is -2.57. The number of fused-ring (bicyclic) bond motifs is 5. The summed E-state index contributed by atoms with van der Waals surface area (Å²) in [6, 6.07) is 3.70. The molecule has 1 saturated heterocycles. The zero-order chi connectivity index (χ0) is 17.0. The number of carbonyl (C=O) groups excluding carboxylic acids is 3. The molecule has 1 N–H and O–H groups in total. The smallest absolute Gasteiger partial charge is 0.415 e. The predicted molar refractivity (Wildman–Crippen MR) is 87.1 cm³/mol. The number of benzene rings is 1. The van der Waals surface area contributed by atoms with Gasteiger partial charge >= 0.3 is 6.09 Å². The third-order valence-corrected chi connectivity index (χ3v) is 5.14. The lowest BCUT2D eigenvalue weighted by Gasteiger charge is -2.27. The van der Waals surface area contributed by atoms with Gasteiger partial charge in [0, 0.05) is 26.1 Å². The fourth-order valence-electron chi connectivity index (χ4n) is 3.95. The second-order valence-corrected chi connectivity index (χ2v) is 6.51. The lowest BCUT2D eigenvalue weighted by Crippen LogP contribution is -2.40. The van der Waals surface area contributed by atoms with E-state index >= 15 is 0 Å². The number of nitrogens with zero attached hydrogens (tertiary/aromatic N) is 2. The normalized spacial score (nSPS) is 24.4. The second-order valence-electron chi connectivity index (χ2n) is 6.51. The van der Waals surface area contributed by atoms with Gasteiger partial charge in [-0.2, -0.15) is 0 Å². The van der Waals surface area contributed by atoms with Gasteiger partial charge in [0.15, 0.2) is 0 Å². The SMILES string of the molecule is CC(=O)NC[C@@H]1OC(=O)N2c3ccc4c(c3C[C@@H]12)CCC(=O)N4C. The maximum absolute atomic E-state index is 12.3. The van der Waals surface area contributed by atoms with Crippen molar-refractivity contribution in [2.45, 2.75) is 38.3 Å². The maximum Gasteiger partial charge on any atom is 0.415 e. The molecule has 3 heterocycles. The molecular formula is C17H19N3O4. The second kappa shape index (κ2) is 5.22. The Morgan fingerprint density at radius 2 is 2.00 bits per heavy atom. The molecule has 0 radical (unpaired) electrons. The van der Waals surface area contributed by atoms with E-state index in [1.165, 1.54) is 6.92 Å². The van der Waals surface area contributed by atoms with Crippen molar-refractivity contribution in [3.8, 4) is 0 Å². The molecule has 0 aromatic heterocycles. The minimum Gasteiger partial charge on any atom is -0.442 e. The number of hydrogen-bond acceptors (Lipinski definition) is 4. The number of anilines is 2. The van der Waals surface area contributed by atoms with E-state index in [0.717, 1.165) is 22.5 Å². The van der Waals surface area contributed by atoms with Crippen LogP contribution in [0.25, 0.3) is 0 Å². The molecular weight excluding hydrogens is 310 g/mol. The van der Waals surface area contributed by atoms with E-state index in [2.05, 4.69) is 5.32 Å². The molecule has 1 aromatic carbocycles. The van der Waals surface area contributed by atoms with Crippen molar-refractivity contribution in [3.05, 3.63) is 23.3 Å². The van der Waals surface area contributed by atoms with Crippen LogP contribution in [-0.4, -0.2) is 43.6 Å². The quantitative estimate of drug-likeness (QED) is 0.877. The molecule has 7 nitrogen and oxygen atoms in total. The first-order valence-electron chi connectivity index (χ1n) is 8.13. The molecule has 7 heteroatoms. The van der Waals surface area contributed by atoms with Crippen LogP contribution in [0.2, 0.25) is 0 Å². The summed E-state index contributed by atoms with van der Waals surface area (Å²) >= 11 is 0. The van der Waals surface area contributed by atoms with E-state index in [4.69, 9.17) is 4.74 Å². The highest BCUT2D eigenvalue weighted by molar-refractivity contribution is 5.99. The number of hydrogen-bond donors (Lipinski definition) is 1. The lowest BCUT2D eigenvalue weighted by molar-refractivity contribution is -0.119. The maximum atomic E-state index is 12.3. The Labute approximate surface area is 139 Å². The Balaban J connectivity index is 1.68. The van der Waals surface area contributed by atoms with Crippen LogP contribution in [0.15, 0.2) is 12.1 Å². The van der Waals surface area contributed by atoms with Crippen LogP contribution in [0.1, 0.15) is 24.5 Å². The summed E-state index contributed by atoms with van der Waals surface area (Å²) in [6.45, 7) is 1.76. The third-order valence-electron chi connectivity index (χ3n) is 5.14. The molecule has 3 aliphatic heterocycles. The van der Waals surface area contributed by atoms with Crippen molar-refractivity contribution in [2.24, 2.45) is 0 Å². The number of cyclic esters (lactones) is 1. The van der Waals surface area contributed by atoms with Crippen LogP contribution in [0.5, 0.6) is 0 Å². The van der Waals surface area contributed by atoms with Crippen LogP contribution in [0.3, 0.4) is 0 Å². The van der Waals surface area contributed by atoms with Gasteiger partial charge in [0.05, 0.1) is 18.3 Å². The van der Waals surface area contributed by atoms with Crippen LogP contribution in [0.4, 0.5) is 16.2 Å². The van der Waals surface area contributed by atoms with E-state index in [1.807, 2.05) is 12.1 Å². The molecule has 2 atom stereocenters. The number of ether oxygens (including phenoxy) is 1. The van der Waals surface area contributed by atoms with E-state index in [0.29, 0.717) is 25.8 Å². The molecule has 0 unspecified atom stereocenters. The van der Waals surface area contributed by atoms with Gasteiger partial charge in [-0.25, -0.2) is 4.79 Å². The first-order chi connectivity index (χ1) is 11.5. The van der Waals surface area contributed by atoms with Gasteiger partial charge in [0.25, 0.3) is 0 Å². The number of nitrogens with one attached hydrogen (secondary N) is 1. The standard InChI is InChI=1S/C17H19N3O4/c1-9(21)18-8-15-14-7-11-10-3-6-16(22)19(2)12(10)4-5-13(11)20(14)17(23)24-15/h4-5,14-15H,3,6-8H2,1-2H3,(H,18,21)/t14-,15-/m0/s1. The first-order valence-corrected chi connectivity index (χ1v) is 8.13. The average Bonchev–Trinajstić information content (AvgIpc) is 3.07. The summed E-state index contributed by atoms with van der Waals surface area (Å²) in [6.07, 6.45) is 1.16. The number of amides is 3. The monoisotopic (exact) mass is 329 g/mol. The van der Waals surface area contributed by atoms with Gasteiger partial charge in [0.1, 0.15) is 6.10 Å². The summed E-state index contributed by atoms with van der Waals surface area (Å²) in [5.74, 6) is -0.0265. The highest BCUT2D eigenvalue weighted by atomic mass is 16.6. The molecule has 3 aliphatic rings. The van der Waals surface area contributed by atoms with Crippen molar-refractivity contribution in [2.75, 3.05) is 23.4 Å². The molecule has 24 heavy (non-hydrogen) atoms. The highest BCUT2D eigenvalue weighted by Crippen LogP contribution is 2.44. The van der Waals surface area contributed by atoms with Gasteiger partial charge in [-0.15, -0.1) is 0 Å². The van der Waals surface area contributed by atoms with E-state index in [1.54, 1.807) is 16.8 Å². The van der Waals surface area contributed by atoms with Crippen molar-refractivity contribution in [3.63, 3.8) is 0 Å². The highest BCUT2D eigenvalue weighted by Gasteiger charge is 2.48. The Kier molecular flexibility index (Phi) is 3.26. The summed E-state index contributed by atoms with van der Waals surface area (Å²) in [4.78, 5) is 38.7. The summed E-state index contributed by atoms with van der Waals surface area (Å²) in [5.41, 5.74) is 4.08. The van der Waals surface area contributed by atoms with E-state index in [-0.39, 0.29) is 30.1 Å². The van der Waals surface area contributed by atoms with Crippen molar-refractivity contribution in [1.82, 2.24) is 5.32 Å². The summed E-state index contributed by atoms with van der Waals surface area (Å²) in [7, 11) is 1.79. The first kappa shape index (κ1) is 15.0. The van der Waals surface area contributed by atoms with E-state index in [9.17, 15) is 14.4 Å². The van der Waals surface area contributed by atoms with Gasteiger partial charge in [-0.3, -0.25) is 14.5 Å². The van der Waals surface area contributed by atoms with Gasteiger partial charge in [-0.1, -0.05) is 0 Å². The summed E-state index contributed by atoms with van der Waals surface area (Å²) < 4.78 is 5.43. The Morgan fingerprint density at radius 3 is 2.75 bits per heavy atom. The van der Waals surface area contributed by atoms with Gasteiger partial charge < -0.3 is 15.0 Å². The summed E-state index contributed by atoms with van der Waals surface area (Å²) in [5, 5.41) is 2.73. The van der Waals surface area contributed by atoms with Crippen molar-refractivity contribution >= 4 is 29.3 Å². The molecule has 0 saturated carbocycles. The molecule has 0 spiro atoms. The molecule has 1 fully saturated rings. The third kappa shape index (κ3) is 2.07. The molecule has 3 amide bonds. The van der Waals surface area contributed by atoms with Crippen LogP contribution in [-0.2, 0) is 27.2 Å². The lowest BCUT2D eigenvalue weighted by atomic mass is 9.93.